The van der Waals surface area contributed by atoms with Gasteiger partial charge in [0.1, 0.15) is 6.33 Å². The molecule has 2 heterocycles. The lowest BCUT2D eigenvalue weighted by molar-refractivity contribution is -0.137. The lowest BCUT2D eigenvalue weighted by Gasteiger charge is -2.09. The van der Waals surface area contributed by atoms with Crippen molar-refractivity contribution >= 4 is 17.7 Å². The van der Waals surface area contributed by atoms with Crippen LogP contribution in [0.15, 0.2) is 49.1 Å². The van der Waals surface area contributed by atoms with Crippen molar-refractivity contribution in [2.75, 3.05) is 0 Å². The van der Waals surface area contributed by atoms with Crippen molar-refractivity contribution in [3.63, 3.8) is 0 Å². The number of hydrogen-bond acceptors (Lipinski definition) is 4. The number of aromatic nitrogens is 4. The van der Waals surface area contributed by atoms with Crippen LogP contribution >= 0.6 is 0 Å². The van der Waals surface area contributed by atoms with E-state index in [4.69, 9.17) is 0 Å². The number of hydrogen-bond donors (Lipinski definition) is 1. The minimum Gasteiger partial charge on any atom is -0.478 e. The maximum absolute atomic E-state index is 13.0. The molecule has 0 aliphatic carbocycles. The van der Waals surface area contributed by atoms with Crippen molar-refractivity contribution in [2.24, 2.45) is 0 Å². The number of aryl methyl sites for hydroxylation is 1. The van der Waals surface area contributed by atoms with Gasteiger partial charge in [0.15, 0.2) is 5.82 Å². The standard InChI is InChI=1S/C18H13F3N4O2/c1-11-6-13(8-14(7-11)18(19,20)21)16-23-10-25(24-16)9-15(17(26)27)12-2-4-22-5-3-12/h2-10H,1H3,(H,26,27). The average Bonchev–Trinajstić information content (AvgIpc) is 3.08. The fourth-order valence-electron chi connectivity index (χ4n) is 2.46. The number of benzene rings is 1. The van der Waals surface area contributed by atoms with Gasteiger partial charge in [0.2, 0.25) is 0 Å². The Morgan fingerprint density at radius 2 is 1.89 bits per heavy atom. The van der Waals surface area contributed by atoms with E-state index in [0.29, 0.717) is 11.1 Å². The number of carboxylic acids is 1. The molecule has 0 spiro atoms. The Balaban J connectivity index is 2.00. The molecule has 0 radical (unpaired) electrons. The summed E-state index contributed by atoms with van der Waals surface area (Å²) >= 11 is 0. The number of carboxylic acid groups (broad SMARTS) is 1. The average molecular weight is 374 g/mol. The number of halogens is 3. The third kappa shape index (κ3) is 4.20. The van der Waals surface area contributed by atoms with Gasteiger partial charge in [0.25, 0.3) is 0 Å². The summed E-state index contributed by atoms with van der Waals surface area (Å²) < 4.78 is 40.1. The smallest absolute Gasteiger partial charge is 0.416 e. The predicted octanol–water partition coefficient (Wildman–Crippen LogP) is 3.75. The van der Waals surface area contributed by atoms with Crippen molar-refractivity contribution < 1.29 is 23.1 Å². The first-order chi connectivity index (χ1) is 12.7. The molecule has 6 nitrogen and oxygen atoms in total. The van der Waals surface area contributed by atoms with Gasteiger partial charge in [-0.15, -0.1) is 5.10 Å². The van der Waals surface area contributed by atoms with Gasteiger partial charge in [-0.05, 0) is 48.4 Å². The summed E-state index contributed by atoms with van der Waals surface area (Å²) in [4.78, 5) is 19.3. The zero-order chi connectivity index (χ0) is 19.6. The zero-order valence-corrected chi connectivity index (χ0v) is 14.0. The van der Waals surface area contributed by atoms with Crippen LogP contribution in [-0.4, -0.2) is 30.8 Å². The number of carbonyl (C=O) groups is 1. The molecule has 138 valence electrons. The minimum absolute atomic E-state index is 0.0555. The summed E-state index contributed by atoms with van der Waals surface area (Å²) in [6.07, 6.45) is 0.874. The Labute approximate surface area is 151 Å². The Morgan fingerprint density at radius 3 is 2.52 bits per heavy atom. The van der Waals surface area contributed by atoms with Crippen LogP contribution in [0.5, 0.6) is 0 Å². The highest BCUT2D eigenvalue weighted by atomic mass is 19.4. The highest BCUT2D eigenvalue weighted by Crippen LogP contribution is 2.32. The fraction of sp³-hybridized carbons (Fsp3) is 0.111. The first-order valence-corrected chi connectivity index (χ1v) is 7.70. The van der Waals surface area contributed by atoms with Gasteiger partial charge in [-0.3, -0.25) is 4.98 Å². The molecule has 27 heavy (non-hydrogen) atoms. The number of alkyl halides is 3. The fourth-order valence-corrected chi connectivity index (χ4v) is 2.46. The normalized spacial score (nSPS) is 12.2. The SMILES string of the molecule is Cc1cc(-c2ncn(C=C(C(=O)O)c3ccncc3)n2)cc(C(F)(F)F)c1. The highest BCUT2D eigenvalue weighted by molar-refractivity contribution is 6.19. The second-order valence-electron chi connectivity index (χ2n) is 5.72. The molecule has 3 rings (SSSR count). The monoisotopic (exact) mass is 374 g/mol. The van der Waals surface area contributed by atoms with Gasteiger partial charge < -0.3 is 5.11 Å². The number of rotatable bonds is 4. The summed E-state index contributed by atoms with van der Waals surface area (Å²) in [5, 5.41) is 13.5. The summed E-state index contributed by atoms with van der Waals surface area (Å²) in [6, 6.07) is 6.56. The Kier molecular flexibility index (Phi) is 4.76. The summed E-state index contributed by atoms with van der Waals surface area (Å²) in [5.41, 5.74) is 0.149. The van der Waals surface area contributed by atoms with E-state index in [1.165, 1.54) is 43.1 Å². The van der Waals surface area contributed by atoms with Gasteiger partial charge in [-0.1, -0.05) is 0 Å². The van der Waals surface area contributed by atoms with Crippen molar-refractivity contribution in [3.05, 3.63) is 65.7 Å². The van der Waals surface area contributed by atoms with Crippen molar-refractivity contribution in [1.82, 2.24) is 19.7 Å². The van der Waals surface area contributed by atoms with Gasteiger partial charge in [-0.2, -0.15) is 13.2 Å². The third-order valence-electron chi connectivity index (χ3n) is 3.65. The quantitative estimate of drug-likeness (QED) is 0.704. The zero-order valence-electron chi connectivity index (χ0n) is 14.0. The van der Waals surface area contributed by atoms with E-state index in [-0.39, 0.29) is 17.0 Å². The van der Waals surface area contributed by atoms with E-state index in [2.05, 4.69) is 15.1 Å². The number of pyridine rings is 1. The summed E-state index contributed by atoms with van der Waals surface area (Å²) in [5.74, 6) is -1.13. The van der Waals surface area contributed by atoms with E-state index in [1.54, 1.807) is 6.92 Å². The molecule has 0 bridgehead atoms. The van der Waals surface area contributed by atoms with E-state index >= 15 is 0 Å². The third-order valence-corrected chi connectivity index (χ3v) is 3.65. The molecule has 1 aromatic carbocycles. The van der Waals surface area contributed by atoms with Crippen LogP contribution in [0, 0.1) is 6.92 Å². The second kappa shape index (κ2) is 7.02. The van der Waals surface area contributed by atoms with Gasteiger partial charge in [0, 0.05) is 24.2 Å². The van der Waals surface area contributed by atoms with E-state index in [0.717, 1.165) is 16.8 Å². The topological polar surface area (TPSA) is 80.9 Å². The summed E-state index contributed by atoms with van der Waals surface area (Å²) in [7, 11) is 0. The van der Waals surface area contributed by atoms with E-state index < -0.39 is 17.7 Å². The molecule has 0 aliphatic rings. The Hall–Kier alpha value is -3.49. The number of aliphatic carboxylic acids is 1. The van der Waals surface area contributed by atoms with Crippen LogP contribution in [0.3, 0.4) is 0 Å². The molecule has 0 atom stereocenters. The van der Waals surface area contributed by atoms with E-state index in [9.17, 15) is 23.1 Å². The lowest BCUT2D eigenvalue weighted by Crippen LogP contribution is -2.05. The molecule has 0 saturated carbocycles. The molecular formula is C18H13F3N4O2. The molecule has 1 N–H and O–H groups in total. The van der Waals surface area contributed by atoms with Crippen LogP contribution < -0.4 is 0 Å². The van der Waals surface area contributed by atoms with Gasteiger partial charge in [0.05, 0.1) is 11.1 Å². The van der Waals surface area contributed by atoms with E-state index in [1.807, 2.05) is 0 Å². The van der Waals surface area contributed by atoms with Crippen molar-refractivity contribution in [1.29, 1.82) is 0 Å². The molecule has 2 aromatic heterocycles. The van der Waals surface area contributed by atoms with Crippen molar-refractivity contribution in [2.45, 2.75) is 13.1 Å². The molecule has 0 saturated heterocycles. The van der Waals surface area contributed by atoms with Crippen molar-refractivity contribution in [3.8, 4) is 11.4 Å². The minimum atomic E-state index is -4.49. The van der Waals surface area contributed by atoms with Gasteiger partial charge in [-0.25, -0.2) is 14.5 Å². The Bertz CT molecular complexity index is 1010. The summed E-state index contributed by atoms with van der Waals surface area (Å²) in [6.45, 7) is 1.54. The first kappa shape index (κ1) is 18.3. The largest absolute Gasteiger partial charge is 0.478 e. The van der Waals surface area contributed by atoms with Gasteiger partial charge >= 0.3 is 12.1 Å². The lowest BCUT2D eigenvalue weighted by atomic mass is 10.1. The highest BCUT2D eigenvalue weighted by Gasteiger charge is 2.31. The molecule has 0 amide bonds. The van der Waals surface area contributed by atoms with Crippen LogP contribution in [0.4, 0.5) is 13.2 Å². The second-order valence-corrected chi connectivity index (χ2v) is 5.72. The maximum Gasteiger partial charge on any atom is 0.416 e. The van der Waals surface area contributed by atoms with Crippen LogP contribution in [-0.2, 0) is 11.0 Å². The predicted molar refractivity (Wildman–Crippen MR) is 91.2 cm³/mol. The molecular weight excluding hydrogens is 361 g/mol. The van der Waals surface area contributed by atoms with Crippen LogP contribution in [0.2, 0.25) is 0 Å². The number of nitrogens with zero attached hydrogens (tertiary/aromatic N) is 4. The van der Waals surface area contributed by atoms with Crippen LogP contribution in [0.25, 0.3) is 23.2 Å². The molecule has 0 fully saturated rings. The van der Waals surface area contributed by atoms with Crippen LogP contribution in [0.1, 0.15) is 16.7 Å². The Morgan fingerprint density at radius 1 is 1.19 bits per heavy atom. The molecule has 3 aromatic rings. The molecule has 0 unspecified atom stereocenters. The first-order valence-electron chi connectivity index (χ1n) is 7.70. The molecule has 9 heteroatoms. The maximum atomic E-state index is 13.0. The molecule has 0 aliphatic heterocycles.